The molecular formula is C13H22N2S. The van der Waals surface area contributed by atoms with Gasteiger partial charge in [-0.15, -0.1) is 11.3 Å². The zero-order valence-corrected chi connectivity index (χ0v) is 11.4. The van der Waals surface area contributed by atoms with E-state index in [4.69, 9.17) is 4.98 Å². The Hall–Kier alpha value is -0.410. The summed E-state index contributed by atoms with van der Waals surface area (Å²) in [6.45, 7) is 4.39. The first-order valence-electron chi connectivity index (χ1n) is 6.39. The van der Waals surface area contributed by atoms with Crippen molar-refractivity contribution in [3.8, 4) is 0 Å². The molecule has 0 aromatic carbocycles. The van der Waals surface area contributed by atoms with Crippen molar-refractivity contribution < 1.29 is 0 Å². The average Bonchev–Trinajstić information content (AvgIpc) is 2.89. The van der Waals surface area contributed by atoms with Crippen molar-refractivity contribution in [1.29, 1.82) is 0 Å². The summed E-state index contributed by atoms with van der Waals surface area (Å²) < 4.78 is 0. The van der Waals surface area contributed by atoms with E-state index in [2.05, 4.69) is 26.2 Å². The molecule has 1 unspecified atom stereocenters. The van der Waals surface area contributed by atoms with Gasteiger partial charge < -0.3 is 5.32 Å². The lowest BCUT2D eigenvalue weighted by atomic mass is 9.99. The van der Waals surface area contributed by atoms with Gasteiger partial charge in [-0.05, 0) is 39.2 Å². The minimum absolute atomic E-state index is 0.492. The van der Waals surface area contributed by atoms with E-state index in [-0.39, 0.29) is 0 Å². The van der Waals surface area contributed by atoms with Gasteiger partial charge in [-0.25, -0.2) is 4.98 Å². The zero-order valence-electron chi connectivity index (χ0n) is 10.5. The minimum atomic E-state index is 0.492. The molecule has 1 N–H and O–H groups in total. The average molecular weight is 238 g/mol. The summed E-state index contributed by atoms with van der Waals surface area (Å²) >= 11 is 1.88. The van der Waals surface area contributed by atoms with E-state index in [0.717, 1.165) is 12.3 Å². The third-order valence-electron chi connectivity index (χ3n) is 3.69. The lowest BCUT2D eigenvalue weighted by Gasteiger charge is -2.20. The second-order valence-electron chi connectivity index (χ2n) is 4.72. The molecule has 1 atom stereocenters. The highest BCUT2D eigenvalue weighted by Crippen LogP contribution is 2.37. The summed E-state index contributed by atoms with van der Waals surface area (Å²) in [6, 6.07) is 0.492. The van der Waals surface area contributed by atoms with Crippen LogP contribution in [-0.4, -0.2) is 12.0 Å². The minimum Gasteiger partial charge on any atom is -0.311 e. The fourth-order valence-electron chi connectivity index (χ4n) is 2.76. The molecule has 1 heterocycles. The fraction of sp³-hybridized carbons (Fsp3) is 0.769. The Labute approximate surface area is 102 Å². The van der Waals surface area contributed by atoms with Crippen molar-refractivity contribution in [3.05, 3.63) is 15.6 Å². The van der Waals surface area contributed by atoms with Crippen LogP contribution in [0.3, 0.4) is 0 Å². The van der Waals surface area contributed by atoms with Crippen LogP contribution in [0.25, 0.3) is 0 Å². The standard InChI is InChI=1S/C13H22N2S/c1-4-11-9(2)16-13(15-11)12(14-3)10-7-5-6-8-10/h10,12,14H,4-8H2,1-3H3. The van der Waals surface area contributed by atoms with Crippen LogP contribution in [0.4, 0.5) is 0 Å². The zero-order chi connectivity index (χ0) is 11.5. The van der Waals surface area contributed by atoms with Crippen molar-refractivity contribution in [1.82, 2.24) is 10.3 Å². The number of aromatic nitrogens is 1. The number of aryl methyl sites for hydroxylation is 2. The molecule has 0 saturated heterocycles. The summed E-state index contributed by atoms with van der Waals surface area (Å²) in [6.07, 6.45) is 6.59. The molecule has 1 aromatic heterocycles. The van der Waals surface area contributed by atoms with Crippen LogP contribution in [-0.2, 0) is 6.42 Å². The molecule has 16 heavy (non-hydrogen) atoms. The highest BCUT2D eigenvalue weighted by molar-refractivity contribution is 7.11. The van der Waals surface area contributed by atoms with Crippen LogP contribution >= 0.6 is 11.3 Å². The summed E-state index contributed by atoms with van der Waals surface area (Å²) in [4.78, 5) is 6.20. The normalized spacial score (nSPS) is 19.2. The highest BCUT2D eigenvalue weighted by Gasteiger charge is 2.27. The predicted molar refractivity (Wildman–Crippen MR) is 70.0 cm³/mol. The first-order chi connectivity index (χ1) is 7.76. The Morgan fingerprint density at radius 2 is 2.12 bits per heavy atom. The summed E-state index contributed by atoms with van der Waals surface area (Å²) in [5, 5.41) is 4.78. The topological polar surface area (TPSA) is 24.9 Å². The molecule has 0 amide bonds. The maximum Gasteiger partial charge on any atom is 0.110 e. The smallest absolute Gasteiger partial charge is 0.110 e. The number of nitrogens with one attached hydrogen (secondary N) is 1. The summed E-state index contributed by atoms with van der Waals surface area (Å²) in [5.41, 5.74) is 1.29. The van der Waals surface area contributed by atoms with Gasteiger partial charge in [-0.3, -0.25) is 0 Å². The van der Waals surface area contributed by atoms with Crippen molar-refractivity contribution >= 4 is 11.3 Å². The lowest BCUT2D eigenvalue weighted by Crippen LogP contribution is -2.23. The van der Waals surface area contributed by atoms with Gasteiger partial charge in [-0.1, -0.05) is 19.8 Å². The van der Waals surface area contributed by atoms with Crippen LogP contribution in [0, 0.1) is 12.8 Å². The number of thiazole rings is 1. The van der Waals surface area contributed by atoms with E-state index < -0.39 is 0 Å². The third-order valence-corrected chi connectivity index (χ3v) is 4.79. The van der Waals surface area contributed by atoms with Crippen molar-refractivity contribution in [2.45, 2.75) is 52.0 Å². The van der Waals surface area contributed by atoms with Crippen molar-refractivity contribution in [3.63, 3.8) is 0 Å². The van der Waals surface area contributed by atoms with Gasteiger partial charge in [0, 0.05) is 4.88 Å². The van der Waals surface area contributed by atoms with Gasteiger partial charge in [0.1, 0.15) is 5.01 Å². The van der Waals surface area contributed by atoms with Gasteiger partial charge in [-0.2, -0.15) is 0 Å². The molecule has 0 bridgehead atoms. The molecule has 1 aliphatic rings. The van der Waals surface area contributed by atoms with E-state index in [1.165, 1.54) is 41.3 Å². The molecule has 1 saturated carbocycles. The quantitative estimate of drug-likeness (QED) is 0.869. The molecule has 0 radical (unpaired) electrons. The maximum absolute atomic E-state index is 4.80. The van der Waals surface area contributed by atoms with Gasteiger partial charge >= 0.3 is 0 Å². The number of hydrogen-bond acceptors (Lipinski definition) is 3. The molecule has 1 aromatic rings. The number of nitrogens with zero attached hydrogens (tertiary/aromatic N) is 1. The van der Waals surface area contributed by atoms with Gasteiger partial charge in [0.2, 0.25) is 0 Å². The monoisotopic (exact) mass is 238 g/mol. The number of rotatable bonds is 4. The van der Waals surface area contributed by atoms with E-state index in [1.807, 2.05) is 11.3 Å². The Morgan fingerprint density at radius 1 is 1.44 bits per heavy atom. The summed E-state index contributed by atoms with van der Waals surface area (Å²) in [7, 11) is 2.07. The maximum atomic E-state index is 4.80. The Balaban J connectivity index is 2.18. The molecule has 0 aliphatic heterocycles. The van der Waals surface area contributed by atoms with Crippen molar-refractivity contribution in [2.75, 3.05) is 7.05 Å². The van der Waals surface area contributed by atoms with Crippen molar-refractivity contribution in [2.24, 2.45) is 5.92 Å². The van der Waals surface area contributed by atoms with Gasteiger partial charge in [0.05, 0.1) is 11.7 Å². The molecule has 1 aliphatic carbocycles. The molecule has 2 rings (SSSR count). The van der Waals surface area contributed by atoms with Crippen LogP contribution in [0.15, 0.2) is 0 Å². The van der Waals surface area contributed by atoms with Gasteiger partial charge in [0.15, 0.2) is 0 Å². The second kappa shape index (κ2) is 5.28. The fourth-order valence-corrected chi connectivity index (χ4v) is 3.98. The first-order valence-corrected chi connectivity index (χ1v) is 7.21. The highest BCUT2D eigenvalue weighted by atomic mass is 32.1. The largest absolute Gasteiger partial charge is 0.311 e. The predicted octanol–water partition coefficient (Wildman–Crippen LogP) is 3.46. The lowest BCUT2D eigenvalue weighted by molar-refractivity contribution is 0.389. The Morgan fingerprint density at radius 3 is 2.62 bits per heavy atom. The van der Waals surface area contributed by atoms with E-state index in [1.54, 1.807) is 0 Å². The molecule has 1 fully saturated rings. The SMILES string of the molecule is CCc1nc(C(NC)C2CCCC2)sc1C. The van der Waals surface area contributed by atoms with E-state index in [0.29, 0.717) is 6.04 Å². The van der Waals surface area contributed by atoms with Gasteiger partial charge in [0.25, 0.3) is 0 Å². The van der Waals surface area contributed by atoms with Crippen LogP contribution in [0.2, 0.25) is 0 Å². The number of hydrogen-bond donors (Lipinski definition) is 1. The molecule has 0 spiro atoms. The molecule has 2 nitrogen and oxygen atoms in total. The van der Waals surface area contributed by atoms with Crippen LogP contribution in [0.5, 0.6) is 0 Å². The van der Waals surface area contributed by atoms with E-state index in [9.17, 15) is 0 Å². The molecular weight excluding hydrogens is 216 g/mol. The Kier molecular flexibility index (Phi) is 3.98. The molecule has 3 heteroatoms. The van der Waals surface area contributed by atoms with Crippen LogP contribution in [0.1, 0.15) is 54.2 Å². The van der Waals surface area contributed by atoms with E-state index >= 15 is 0 Å². The first kappa shape index (κ1) is 12.1. The molecule has 90 valence electrons. The second-order valence-corrected chi connectivity index (χ2v) is 5.95. The third kappa shape index (κ3) is 2.30. The van der Waals surface area contributed by atoms with Crippen LogP contribution < -0.4 is 5.32 Å². The Bertz CT molecular complexity index is 340. The summed E-state index contributed by atoms with van der Waals surface area (Å²) in [5.74, 6) is 0.806.